The van der Waals surface area contributed by atoms with Gasteiger partial charge in [-0.3, -0.25) is 4.98 Å². The number of hydrogen-bond acceptors (Lipinski definition) is 2. The molecule has 1 saturated heterocycles. The van der Waals surface area contributed by atoms with Crippen molar-refractivity contribution < 1.29 is 0 Å². The molecule has 0 amide bonds. The van der Waals surface area contributed by atoms with E-state index in [-0.39, 0.29) is 0 Å². The van der Waals surface area contributed by atoms with Gasteiger partial charge in [0, 0.05) is 46.7 Å². The van der Waals surface area contributed by atoms with Gasteiger partial charge in [-0.25, -0.2) is 0 Å². The average molecular weight is 416 g/mol. The maximum Gasteiger partial charge on any atom is 0.0506 e. The number of hydrogen-bond donors (Lipinski definition) is 1. The Balaban J connectivity index is 1.63. The molecule has 1 fully saturated rings. The number of rotatable bonds is 4. The van der Waals surface area contributed by atoms with Gasteiger partial charge in [-0.05, 0) is 62.5 Å². The molecule has 1 aliphatic heterocycles. The average Bonchev–Trinajstić information content (AvgIpc) is 3.21. The van der Waals surface area contributed by atoms with Crippen molar-refractivity contribution in [2.45, 2.75) is 25.8 Å². The zero-order valence-electron chi connectivity index (χ0n) is 17.2. The highest BCUT2D eigenvalue weighted by atomic mass is 35.5. The number of nitrogens with zero attached hydrogens (tertiary/aromatic N) is 2. The third-order valence-electron chi connectivity index (χ3n) is 6.42. The number of halogens is 1. The Morgan fingerprint density at radius 3 is 2.67 bits per heavy atom. The number of nitrogens with one attached hydrogen (secondary N) is 1. The van der Waals surface area contributed by atoms with Crippen LogP contribution in [-0.4, -0.2) is 22.6 Å². The second-order valence-corrected chi connectivity index (χ2v) is 8.67. The van der Waals surface area contributed by atoms with E-state index in [0.29, 0.717) is 12.0 Å². The Morgan fingerprint density at radius 2 is 1.87 bits per heavy atom. The fourth-order valence-corrected chi connectivity index (χ4v) is 4.99. The molecule has 0 radical (unpaired) electrons. The van der Waals surface area contributed by atoms with Crippen molar-refractivity contribution >= 4 is 22.5 Å². The van der Waals surface area contributed by atoms with Gasteiger partial charge in [-0.1, -0.05) is 48.0 Å². The lowest BCUT2D eigenvalue weighted by Crippen LogP contribution is -2.34. The minimum atomic E-state index is 0.401. The summed E-state index contributed by atoms with van der Waals surface area (Å²) >= 11 is 6.73. The fourth-order valence-electron chi connectivity index (χ4n) is 4.72. The highest BCUT2D eigenvalue weighted by Gasteiger charge is 2.24. The van der Waals surface area contributed by atoms with Gasteiger partial charge in [-0.2, -0.15) is 0 Å². The van der Waals surface area contributed by atoms with Gasteiger partial charge in [-0.15, -0.1) is 0 Å². The molecule has 0 aliphatic carbocycles. The monoisotopic (exact) mass is 415 g/mol. The lowest BCUT2D eigenvalue weighted by molar-refractivity contribution is 0.284. The Labute approximate surface area is 182 Å². The first-order valence-electron chi connectivity index (χ1n) is 10.7. The SMILES string of the molecule is CC(C1CCCNC1)n1cc(-c2cncc(-c3ccccc3)c2)c2c(Cl)cccc21. The first kappa shape index (κ1) is 19.3. The lowest BCUT2D eigenvalue weighted by atomic mass is 9.92. The Hall–Kier alpha value is -2.62. The fraction of sp³-hybridized carbons (Fsp3) is 0.269. The van der Waals surface area contributed by atoms with Crippen molar-refractivity contribution in [3.05, 3.63) is 78.2 Å². The first-order valence-corrected chi connectivity index (χ1v) is 11.1. The van der Waals surface area contributed by atoms with E-state index in [1.807, 2.05) is 24.5 Å². The van der Waals surface area contributed by atoms with Crippen LogP contribution in [0.5, 0.6) is 0 Å². The van der Waals surface area contributed by atoms with Gasteiger partial charge in [0.15, 0.2) is 0 Å². The summed E-state index contributed by atoms with van der Waals surface area (Å²) in [7, 11) is 0. The van der Waals surface area contributed by atoms with Crippen LogP contribution in [0, 0.1) is 5.92 Å². The smallest absolute Gasteiger partial charge is 0.0506 e. The largest absolute Gasteiger partial charge is 0.344 e. The zero-order valence-corrected chi connectivity index (χ0v) is 17.9. The Bertz CT molecular complexity index is 1160. The molecule has 1 N–H and O–H groups in total. The number of aromatic nitrogens is 2. The zero-order chi connectivity index (χ0) is 20.5. The molecule has 3 nitrogen and oxygen atoms in total. The topological polar surface area (TPSA) is 29.9 Å². The number of fused-ring (bicyclic) bond motifs is 1. The summed E-state index contributed by atoms with van der Waals surface area (Å²) in [6, 6.07) is 19.2. The summed E-state index contributed by atoms with van der Waals surface area (Å²) in [5.41, 5.74) is 5.73. The van der Waals surface area contributed by atoms with E-state index in [2.05, 4.69) is 70.5 Å². The molecule has 152 valence electrons. The quantitative estimate of drug-likeness (QED) is 0.407. The molecular weight excluding hydrogens is 390 g/mol. The first-order chi connectivity index (χ1) is 14.7. The van der Waals surface area contributed by atoms with Gasteiger partial charge >= 0.3 is 0 Å². The van der Waals surface area contributed by atoms with E-state index in [4.69, 9.17) is 11.6 Å². The summed E-state index contributed by atoms with van der Waals surface area (Å²) in [5, 5.41) is 5.46. The summed E-state index contributed by atoms with van der Waals surface area (Å²) in [6.45, 7) is 4.53. The van der Waals surface area contributed by atoms with E-state index >= 15 is 0 Å². The Morgan fingerprint density at radius 1 is 1.03 bits per heavy atom. The summed E-state index contributed by atoms with van der Waals surface area (Å²) < 4.78 is 2.42. The molecule has 2 unspecified atom stereocenters. The molecule has 0 bridgehead atoms. The number of piperidine rings is 1. The number of pyridine rings is 1. The van der Waals surface area contributed by atoms with E-state index in [1.54, 1.807) is 0 Å². The molecule has 0 spiro atoms. The van der Waals surface area contributed by atoms with Gasteiger partial charge in [0.1, 0.15) is 0 Å². The van der Waals surface area contributed by atoms with Crippen LogP contribution in [0.25, 0.3) is 33.2 Å². The predicted octanol–water partition coefficient (Wildman–Crippen LogP) is 6.58. The predicted molar refractivity (Wildman–Crippen MR) is 126 cm³/mol. The summed E-state index contributed by atoms with van der Waals surface area (Å²) in [6.07, 6.45) is 8.65. The van der Waals surface area contributed by atoms with E-state index in [0.717, 1.165) is 40.2 Å². The van der Waals surface area contributed by atoms with Crippen LogP contribution in [0.3, 0.4) is 0 Å². The molecule has 1 aliphatic rings. The van der Waals surface area contributed by atoms with Crippen LogP contribution in [0.2, 0.25) is 5.02 Å². The molecule has 2 aromatic carbocycles. The molecular formula is C26H26ClN3. The van der Waals surface area contributed by atoms with E-state index < -0.39 is 0 Å². The van der Waals surface area contributed by atoms with Crippen molar-refractivity contribution in [2.75, 3.05) is 13.1 Å². The van der Waals surface area contributed by atoms with Gasteiger partial charge in [0.25, 0.3) is 0 Å². The normalized spacial score (nSPS) is 17.9. The lowest BCUT2D eigenvalue weighted by Gasteiger charge is -2.30. The van der Waals surface area contributed by atoms with Crippen molar-refractivity contribution in [3.63, 3.8) is 0 Å². The molecule has 4 aromatic rings. The number of benzene rings is 2. The maximum atomic E-state index is 6.73. The highest BCUT2D eigenvalue weighted by molar-refractivity contribution is 6.36. The third kappa shape index (κ3) is 3.53. The minimum Gasteiger partial charge on any atom is -0.344 e. The van der Waals surface area contributed by atoms with Gasteiger partial charge in [0.2, 0.25) is 0 Å². The maximum absolute atomic E-state index is 6.73. The second kappa shape index (κ2) is 8.25. The van der Waals surface area contributed by atoms with Crippen molar-refractivity contribution in [1.29, 1.82) is 0 Å². The molecule has 4 heteroatoms. The van der Waals surface area contributed by atoms with E-state index in [9.17, 15) is 0 Å². The standard InChI is InChI=1S/C26H26ClN3/c1-18(20-9-6-12-28-14-20)30-17-23(26-24(27)10-5-11-25(26)30)22-13-21(15-29-16-22)19-7-3-2-4-8-19/h2-5,7-8,10-11,13,15-18,20,28H,6,9,12,14H2,1H3. The third-order valence-corrected chi connectivity index (χ3v) is 6.73. The van der Waals surface area contributed by atoms with Crippen LogP contribution in [-0.2, 0) is 0 Å². The summed E-state index contributed by atoms with van der Waals surface area (Å²) in [4.78, 5) is 4.56. The van der Waals surface area contributed by atoms with E-state index in [1.165, 1.54) is 23.9 Å². The van der Waals surface area contributed by atoms with Crippen LogP contribution in [0.15, 0.2) is 73.2 Å². The minimum absolute atomic E-state index is 0.401. The second-order valence-electron chi connectivity index (χ2n) is 8.26. The van der Waals surface area contributed by atoms with Crippen molar-refractivity contribution in [2.24, 2.45) is 5.92 Å². The molecule has 3 heterocycles. The molecule has 0 saturated carbocycles. The van der Waals surface area contributed by atoms with Gasteiger partial charge in [0.05, 0.1) is 10.5 Å². The molecule has 30 heavy (non-hydrogen) atoms. The molecule has 2 aromatic heterocycles. The van der Waals surface area contributed by atoms with Crippen LogP contribution in [0.1, 0.15) is 25.8 Å². The molecule has 2 atom stereocenters. The van der Waals surface area contributed by atoms with Crippen LogP contribution < -0.4 is 5.32 Å². The summed E-state index contributed by atoms with van der Waals surface area (Å²) in [5.74, 6) is 0.620. The Kier molecular flexibility index (Phi) is 5.32. The van der Waals surface area contributed by atoms with Gasteiger partial charge < -0.3 is 9.88 Å². The van der Waals surface area contributed by atoms with Crippen LogP contribution in [0.4, 0.5) is 0 Å². The van der Waals surface area contributed by atoms with Crippen molar-refractivity contribution in [3.8, 4) is 22.3 Å². The highest BCUT2D eigenvalue weighted by Crippen LogP contribution is 2.39. The van der Waals surface area contributed by atoms with Crippen LogP contribution >= 0.6 is 11.6 Å². The molecule has 5 rings (SSSR count). The van der Waals surface area contributed by atoms with Crippen molar-refractivity contribution in [1.82, 2.24) is 14.9 Å².